The minimum Gasteiger partial charge on any atom is -0.335 e. The number of nitrogens with zero attached hydrogens (tertiary/aromatic N) is 4. The molecule has 31 heavy (non-hydrogen) atoms. The standard InChI is InChI=1S/C20H17ClF2N4O3S/c21-17-13-16(4-5-18(17)23)31(29,30)26-10-8-25(9-11-26)20(28)19-6-7-27(24-19)15-3-1-2-14(22)12-15/h1-7,12-13H,8-11H2. The van der Waals surface area contributed by atoms with E-state index in [9.17, 15) is 22.0 Å². The summed E-state index contributed by atoms with van der Waals surface area (Å²) in [7, 11) is -3.86. The first-order valence-electron chi connectivity index (χ1n) is 9.32. The summed E-state index contributed by atoms with van der Waals surface area (Å²) in [5.41, 5.74) is 0.652. The summed E-state index contributed by atoms with van der Waals surface area (Å²) in [6.45, 7) is 0.487. The van der Waals surface area contributed by atoms with Crippen molar-refractivity contribution in [2.45, 2.75) is 4.90 Å². The molecule has 0 saturated carbocycles. The number of amides is 1. The Morgan fingerprint density at radius 1 is 1.00 bits per heavy atom. The first-order valence-corrected chi connectivity index (χ1v) is 11.1. The summed E-state index contributed by atoms with van der Waals surface area (Å²) >= 11 is 5.71. The zero-order chi connectivity index (χ0) is 22.2. The zero-order valence-electron chi connectivity index (χ0n) is 16.1. The van der Waals surface area contributed by atoms with Crippen molar-refractivity contribution in [2.24, 2.45) is 0 Å². The van der Waals surface area contributed by atoms with Crippen molar-refractivity contribution in [3.63, 3.8) is 0 Å². The van der Waals surface area contributed by atoms with Crippen molar-refractivity contribution in [1.29, 1.82) is 0 Å². The third-order valence-corrected chi connectivity index (χ3v) is 7.12. The van der Waals surface area contributed by atoms with Crippen LogP contribution in [0.15, 0.2) is 59.6 Å². The van der Waals surface area contributed by atoms with Gasteiger partial charge in [0, 0.05) is 32.4 Å². The van der Waals surface area contributed by atoms with Crippen molar-refractivity contribution in [2.75, 3.05) is 26.2 Å². The van der Waals surface area contributed by atoms with Crippen LogP contribution in [0.1, 0.15) is 10.5 Å². The highest BCUT2D eigenvalue weighted by molar-refractivity contribution is 7.89. The summed E-state index contributed by atoms with van der Waals surface area (Å²) in [5.74, 6) is -1.47. The molecular weight excluding hydrogens is 450 g/mol. The highest BCUT2D eigenvalue weighted by atomic mass is 35.5. The minimum atomic E-state index is -3.86. The second-order valence-electron chi connectivity index (χ2n) is 6.90. The van der Waals surface area contributed by atoms with E-state index in [1.807, 2.05) is 0 Å². The summed E-state index contributed by atoms with van der Waals surface area (Å²) in [4.78, 5) is 14.2. The maximum absolute atomic E-state index is 13.4. The van der Waals surface area contributed by atoms with Crippen molar-refractivity contribution < 1.29 is 22.0 Å². The molecule has 0 radical (unpaired) electrons. The Morgan fingerprint density at radius 2 is 1.74 bits per heavy atom. The van der Waals surface area contributed by atoms with Gasteiger partial charge in [-0.3, -0.25) is 4.79 Å². The zero-order valence-corrected chi connectivity index (χ0v) is 17.7. The maximum Gasteiger partial charge on any atom is 0.274 e. The molecule has 1 aromatic heterocycles. The second kappa shape index (κ2) is 8.37. The lowest BCUT2D eigenvalue weighted by Crippen LogP contribution is -2.50. The average Bonchev–Trinajstić information content (AvgIpc) is 3.25. The van der Waals surface area contributed by atoms with Crippen molar-refractivity contribution in [1.82, 2.24) is 19.0 Å². The highest BCUT2D eigenvalue weighted by Gasteiger charge is 2.31. The Bertz CT molecular complexity index is 1240. The lowest BCUT2D eigenvalue weighted by Gasteiger charge is -2.33. The number of halogens is 3. The van der Waals surface area contributed by atoms with Crippen LogP contribution in [0.4, 0.5) is 8.78 Å². The van der Waals surface area contributed by atoms with E-state index < -0.39 is 21.7 Å². The van der Waals surface area contributed by atoms with Gasteiger partial charge in [-0.15, -0.1) is 0 Å². The monoisotopic (exact) mass is 466 g/mol. The summed E-state index contributed by atoms with van der Waals surface area (Å²) < 4.78 is 54.9. The van der Waals surface area contributed by atoms with Crippen LogP contribution in [-0.4, -0.2) is 59.5 Å². The van der Waals surface area contributed by atoms with E-state index in [1.54, 1.807) is 18.3 Å². The fourth-order valence-corrected chi connectivity index (χ4v) is 4.97. The predicted molar refractivity (Wildman–Crippen MR) is 110 cm³/mol. The molecule has 4 rings (SSSR count). The van der Waals surface area contributed by atoms with E-state index in [0.29, 0.717) is 5.69 Å². The summed E-state index contributed by atoms with van der Waals surface area (Å²) in [6.07, 6.45) is 1.56. The Morgan fingerprint density at radius 3 is 2.42 bits per heavy atom. The molecule has 162 valence electrons. The molecule has 1 saturated heterocycles. The Labute approximate surface area is 182 Å². The first-order chi connectivity index (χ1) is 14.8. The van der Waals surface area contributed by atoms with Crippen LogP contribution in [0.25, 0.3) is 5.69 Å². The molecular formula is C20H17ClF2N4O3S. The third-order valence-electron chi connectivity index (χ3n) is 4.94. The molecule has 0 bridgehead atoms. The third kappa shape index (κ3) is 4.32. The number of piperazine rings is 1. The van der Waals surface area contributed by atoms with Crippen LogP contribution < -0.4 is 0 Å². The lowest BCUT2D eigenvalue weighted by molar-refractivity contribution is 0.0691. The van der Waals surface area contributed by atoms with Crippen LogP contribution >= 0.6 is 11.6 Å². The van der Waals surface area contributed by atoms with E-state index in [4.69, 9.17) is 11.6 Å². The van der Waals surface area contributed by atoms with E-state index in [2.05, 4.69) is 5.10 Å². The van der Waals surface area contributed by atoms with Crippen molar-refractivity contribution >= 4 is 27.5 Å². The second-order valence-corrected chi connectivity index (χ2v) is 9.24. The number of rotatable bonds is 4. The van der Waals surface area contributed by atoms with Gasteiger partial charge in [-0.05, 0) is 42.5 Å². The van der Waals surface area contributed by atoms with E-state index in [1.165, 1.54) is 32.1 Å². The molecule has 2 aromatic carbocycles. The Hall–Kier alpha value is -2.82. The van der Waals surface area contributed by atoms with Gasteiger partial charge < -0.3 is 4.90 Å². The number of benzene rings is 2. The molecule has 3 aromatic rings. The smallest absolute Gasteiger partial charge is 0.274 e. The number of aromatic nitrogens is 2. The van der Waals surface area contributed by atoms with Gasteiger partial charge in [0.1, 0.15) is 11.6 Å². The van der Waals surface area contributed by atoms with Crippen molar-refractivity contribution in [3.05, 3.63) is 77.1 Å². The average molecular weight is 467 g/mol. The van der Waals surface area contributed by atoms with Gasteiger partial charge in [0.05, 0.1) is 15.6 Å². The quantitative estimate of drug-likeness (QED) is 0.592. The van der Waals surface area contributed by atoms with E-state index >= 15 is 0 Å². The molecule has 11 heteroatoms. The predicted octanol–water partition coefficient (Wildman–Crippen LogP) is 2.95. The van der Waals surface area contributed by atoms with Crippen LogP contribution in [0.3, 0.4) is 0 Å². The van der Waals surface area contributed by atoms with Crippen molar-refractivity contribution in [3.8, 4) is 5.69 Å². The summed E-state index contributed by atoms with van der Waals surface area (Å²) in [5, 5.41) is 3.93. The van der Waals surface area contributed by atoms with Gasteiger partial charge in [0.15, 0.2) is 5.69 Å². The van der Waals surface area contributed by atoms with Gasteiger partial charge in [-0.2, -0.15) is 9.40 Å². The number of hydrogen-bond donors (Lipinski definition) is 0. The minimum absolute atomic E-state index is 0.0771. The first kappa shape index (κ1) is 21.4. The summed E-state index contributed by atoms with van der Waals surface area (Å²) in [6, 6.07) is 10.6. The van der Waals surface area contributed by atoms with Gasteiger partial charge in [-0.25, -0.2) is 21.9 Å². The maximum atomic E-state index is 13.4. The number of carbonyl (C=O) groups is 1. The topological polar surface area (TPSA) is 75.5 Å². The fraction of sp³-hybridized carbons (Fsp3) is 0.200. The molecule has 1 fully saturated rings. The molecule has 0 aliphatic carbocycles. The molecule has 7 nitrogen and oxygen atoms in total. The van der Waals surface area contributed by atoms with Crippen LogP contribution in [0, 0.1) is 11.6 Å². The molecule has 0 spiro atoms. The SMILES string of the molecule is O=C(c1ccn(-c2cccc(F)c2)n1)N1CCN(S(=O)(=O)c2ccc(F)c(Cl)c2)CC1. The van der Waals surface area contributed by atoms with Gasteiger partial charge in [-0.1, -0.05) is 17.7 Å². The van der Waals surface area contributed by atoms with Gasteiger partial charge in [0.25, 0.3) is 5.91 Å². The Kier molecular flexibility index (Phi) is 5.78. The molecule has 1 aliphatic rings. The fourth-order valence-electron chi connectivity index (χ4n) is 3.28. The highest BCUT2D eigenvalue weighted by Crippen LogP contribution is 2.23. The van der Waals surface area contributed by atoms with Gasteiger partial charge in [0.2, 0.25) is 10.0 Å². The van der Waals surface area contributed by atoms with Crippen LogP contribution in [0.2, 0.25) is 5.02 Å². The van der Waals surface area contributed by atoms with E-state index in [-0.39, 0.29) is 47.7 Å². The molecule has 1 amide bonds. The molecule has 0 atom stereocenters. The molecule has 0 unspecified atom stereocenters. The molecule has 1 aliphatic heterocycles. The number of hydrogen-bond acceptors (Lipinski definition) is 4. The number of carbonyl (C=O) groups excluding carboxylic acids is 1. The normalized spacial score (nSPS) is 15.3. The van der Waals surface area contributed by atoms with Crippen LogP contribution in [0.5, 0.6) is 0 Å². The van der Waals surface area contributed by atoms with Crippen LogP contribution in [-0.2, 0) is 10.0 Å². The Balaban J connectivity index is 1.44. The van der Waals surface area contributed by atoms with E-state index in [0.717, 1.165) is 18.2 Å². The molecule has 0 N–H and O–H groups in total. The van der Waals surface area contributed by atoms with Gasteiger partial charge >= 0.3 is 0 Å². The lowest BCUT2D eigenvalue weighted by atomic mass is 10.3. The number of sulfonamides is 1. The molecule has 2 heterocycles. The largest absolute Gasteiger partial charge is 0.335 e.